The number of likely N-dealkylation sites (tertiary alicyclic amines) is 1. The van der Waals surface area contributed by atoms with Gasteiger partial charge in [-0.25, -0.2) is 4.98 Å². The largest absolute Gasteiger partial charge is 0.337 e. The zero-order chi connectivity index (χ0) is 14.8. The van der Waals surface area contributed by atoms with Crippen molar-refractivity contribution in [3.05, 3.63) is 36.2 Å². The number of imidazole rings is 1. The minimum atomic E-state index is 0.0400. The van der Waals surface area contributed by atoms with Crippen LogP contribution in [0.15, 0.2) is 24.7 Å². The number of nitrogens with zero attached hydrogens (tertiary/aromatic N) is 4. The summed E-state index contributed by atoms with van der Waals surface area (Å²) in [6.45, 7) is 5.88. The summed E-state index contributed by atoms with van der Waals surface area (Å²) in [5, 5.41) is 6.58. The third kappa shape index (κ3) is 2.70. The molecule has 0 atom stereocenters. The molecule has 1 aliphatic heterocycles. The number of hydrogen-bond acceptors (Lipinski definition) is 3. The molecular formula is C15H21N5O. The fourth-order valence-electron chi connectivity index (χ4n) is 2.96. The number of nitrogens with one attached hydrogen (secondary N) is 1. The van der Waals surface area contributed by atoms with E-state index in [1.807, 2.05) is 17.3 Å². The fourth-order valence-corrected chi connectivity index (χ4v) is 2.96. The SMILES string of the molecule is CC(C)n1ccnc1C1CCN(C(=O)c2ccn[nH]2)CC1. The number of rotatable bonds is 3. The Morgan fingerprint density at radius 3 is 2.71 bits per heavy atom. The Labute approximate surface area is 124 Å². The van der Waals surface area contributed by atoms with Crippen molar-refractivity contribution in [2.75, 3.05) is 13.1 Å². The molecule has 6 heteroatoms. The monoisotopic (exact) mass is 287 g/mol. The maximum absolute atomic E-state index is 12.3. The molecule has 1 amide bonds. The molecule has 1 fully saturated rings. The molecule has 3 rings (SSSR count). The molecule has 0 spiro atoms. The van der Waals surface area contributed by atoms with Crippen LogP contribution >= 0.6 is 0 Å². The van der Waals surface area contributed by atoms with Crippen LogP contribution in [0.5, 0.6) is 0 Å². The molecule has 0 radical (unpaired) electrons. The van der Waals surface area contributed by atoms with Gasteiger partial charge in [-0.1, -0.05) is 0 Å². The van der Waals surface area contributed by atoms with Gasteiger partial charge in [0.05, 0.1) is 0 Å². The van der Waals surface area contributed by atoms with Gasteiger partial charge in [0.15, 0.2) is 0 Å². The molecule has 0 unspecified atom stereocenters. The number of aromatic amines is 1. The van der Waals surface area contributed by atoms with E-state index in [1.54, 1.807) is 12.3 Å². The van der Waals surface area contributed by atoms with E-state index >= 15 is 0 Å². The van der Waals surface area contributed by atoms with Crippen LogP contribution in [0.2, 0.25) is 0 Å². The van der Waals surface area contributed by atoms with Gasteiger partial charge >= 0.3 is 0 Å². The van der Waals surface area contributed by atoms with Crippen LogP contribution in [0.4, 0.5) is 0 Å². The van der Waals surface area contributed by atoms with Crippen molar-refractivity contribution in [3.8, 4) is 0 Å². The molecule has 0 saturated carbocycles. The molecule has 0 bridgehead atoms. The van der Waals surface area contributed by atoms with Gasteiger partial charge in [0.2, 0.25) is 0 Å². The van der Waals surface area contributed by atoms with Gasteiger partial charge in [0, 0.05) is 43.6 Å². The highest BCUT2D eigenvalue weighted by Crippen LogP contribution is 2.28. The number of carbonyl (C=O) groups excluding carboxylic acids is 1. The van der Waals surface area contributed by atoms with E-state index in [0.717, 1.165) is 31.8 Å². The maximum Gasteiger partial charge on any atom is 0.271 e. The van der Waals surface area contributed by atoms with Crippen LogP contribution in [-0.4, -0.2) is 43.6 Å². The summed E-state index contributed by atoms with van der Waals surface area (Å²) in [5.74, 6) is 1.63. The normalized spacial score (nSPS) is 16.6. The average Bonchev–Trinajstić information content (AvgIpc) is 3.18. The van der Waals surface area contributed by atoms with Crippen LogP contribution in [0.25, 0.3) is 0 Å². The lowest BCUT2D eigenvalue weighted by Gasteiger charge is -2.32. The van der Waals surface area contributed by atoms with Crippen LogP contribution < -0.4 is 0 Å². The maximum atomic E-state index is 12.3. The zero-order valence-electron chi connectivity index (χ0n) is 12.5. The topological polar surface area (TPSA) is 66.8 Å². The second-order valence-corrected chi connectivity index (χ2v) is 5.82. The molecule has 0 aliphatic carbocycles. The van der Waals surface area contributed by atoms with Crippen molar-refractivity contribution in [3.63, 3.8) is 0 Å². The van der Waals surface area contributed by atoms with Crippen LogP contribution in [0.1, 0.15) is 55.0 Å². The predicted octanol–water partition coefficient (Wildman–Crippen LogP) is 2.21. The minimum absolute atomic E-state index is 0.0400. The summed E-state index contributed by atoms with van der Waals surface area (Å²) >= 11 is 0. The molecule has 112 valence electrons. The van der Waals surface area contributed by atoms with E-state index in [-0.39, 0.29) is 5.91 Å². The van der Waals surface area contributed by atoms with Gasteiger partial charge in [-0.05, 0) is 32.8 Å². The van der Waals surface area contributed by atoms with Crippen molar-refractivity contribution in [1.82, 2.24) is 24.6 Å². The number of H-pyrrole nitrogens is 1. The smallest absolute Gasteiger partial charge is 0.271 e. The van der Waals surface area contributed by atoms with E-state index in [2.05, 4.69) is 33.6 Å². The van der Waals surface area contributed by atoms with Crippen molar-refractivity contribution in [2.24, 2.45) is 0 Å². The van der Waals surface area contributed by atoms with Gasteiger partial charge in [-0.15, -0.1) is 0 Å². The molecule has 6 nitrogen and oxygen atoms in total. The second-order valence-electron chi connectivity index (χ2n) is 5.82. The summed E-state index contributed by atoms with van der Waals surface area (Å²) < 4.78 is 2.23. The van der Waals surface area contributed by atoms with Gasteiger partial charge in [-0.2, -0.15) is 5.10 Å². The third-order valence-corrected chi connectivity index (χ3v) is 4.13. The number of piperidine rings is 1. The molecule has 1 N–H and O–H groups in total. The Hall–Kier alpha value is -2.11. The summed E-state index contributed by atoms with van der Waals surface area (Å²) in [6, 6.07) is 2.15. The van der Waals surface area contributed by atoms with Crippen molar-refractivity contribution >= 4 is 5.91 Å². The Morgan fingerprint density at radius 1 is 1.33 bits per heavy atom. The predicted molar refractivity (Wildman–Crippen MR) is 79.1 cm³/mol. The number of carbonyl (C=O) groups is 1. The lowest BCUT2D eigenvalue weighted by Crippen LogP contribution is -2.38. The molecular weight excluding hydrogens is 266 g/mol. The van der Waals surface area contributed by atoms with E-state index in [4.69, 9.17) is 0 Å². The second kappa shape index (κ2) is 5.71. The number of amides is 1. The highest BCUT2D eigenvalue weighted by Gasteiger charge is 2.27. The number of aromatic nitrogens is 4. The highest BCUT2D eigenvalue weighted by molar-refractivity contribution is 5.92. The molecule has 21 heavy (non-hydrogen) atoms. The number of hydrogen-bond donors (Lipinski definition) is 1. The standard InChI is InChI=1S/C15H21N5O/c1-11(2)20-10-7-16-14(20)12-4-8-19(9-5-12)15(21)13-3-6-17-18-13/h3,6-7,10-12H,4-5,8-9H2,1-2H3,(H,17,18). The average molecular weight is 287 g/mol. The molecule has 1 saturated heterocycles. The Bertz CT molecular complexity index is 593. The zero-order valence-corrected chi connectivity index (χ0v) is 12.5. The Morgan fingerprint density at radius 2 is 2.10 bits per heavy atom. The summed E-state index contributed by atoms with van der Waals surface area (Å²) in [7, 11) is 0. The highest BCUT2D eigenvalue weighted by atomic mass is 16.2. The first-order valence-corrected chi connectivity index (χ1v) is 7.48. The first-order valence-electron chi connectivity index (χ1n) is 7.48. The molecule has 1 aliphatic rings. The van der Waals surface area contributed by atoms with Crippen LogP contribution in [0, 0.1) is 0 Å². The van der Waals surface area contributed by atoms with E-state index in [0.29, 0.717) is 17.7 Å². The quantitative estimate of drug-likeness (QED) is 0.941. The van der Waals surface area contributed by atoms with Crippen LogP contribution in [0.3, 0.4) is 0 Å². The van der Waals surface area contributed by atoms with E-state index in [1.165, 1.54) is 0 Å². The molecule has 3 heterocycles. The first-order chi connectivity index (χ1) is 10.2. The molecule has 0 aromatic carbocycles. The lowest BCUT2D eigenvalue weighted by atomic mass is 9.95. The van der Waals surface area contributed by atoms with Gasteiger partial charge in [0.25, 0.3) is 5.91 Å². The van der Waals surface area contributed by atoms with E-state index < -0.39 is 0 Å². The Balaban J connectivity index is 1.65. The summed E-state index contributed by atoms with van der Waals surface area (Å²) in [6.07, 6.45) is 7.45. The lowest BCUT2D eigenvalue weighted by molar-refractivity contribution is 0.0704. The summed E-state index contributed by atoms with van der Waals surface area (Å²) in [4.78, 5) is 18.7. The van der Waals surface area contributed by atoms with Crippen molar-refractivity contribution < 1.29 is 4.79 Å². The van der Waals surface area contributed by atoms with Gasteiger partial charge in [-0.3, -0.25) is 9.89 Å². The Kier molecular flexibility index (Phi) is 3.77. The van der Waals surface area contributed by atoms with Crippen molar-refractivity contribution in [2.45, 2.75) is 38.6 Å². The molecule has 2 aromatic heterocycles. The third-order valence-electron chi connectivity index (χ3n) is 4.13. The summed E-state index contributed by atoms with van der Waals surface area (Å²) in [5.41, 5.74) is 0.567. The first kappa shape index (κ1) is 13.9. The fraction of sp³-hybridized carbons (Fsp3) is 0.533. The van der Waals surface area contributed by atoms with Crippen molar-refractivity contribution in [1.29, 1.82) is 0 Å². The molecule has 2 aromatic rings. The van der Waals surface area contributed by atoms with E-state index in [9.17, 15) is 4.79 Å². The minimum Gasteiger partial charge on any atom is -0.337 e. The van der Waals surface area contributed by atoms with Gasteiger partial charge < -0.3 is 9.47 Å². The van der Waals surface area contributed by atoms with Crippen LogP contribution in [-0.2, 0) is 0 Å². The van der Waals surface area contributed by atoms with Gasteiger partial charge in [0.1, 0.15) is 11.5 Å².